The molecule has 0 bridgehead atoms. The molecule has 1 saturated heterocycles. The minimum Gasteiger partial charge on any atom is -0.496 e. The monoisotopic (exact) mass is 390 g/mol. The maximum Gasteiger partial charge on any atom is 0.243 e. The van der Waals surface area contributed by atoms with Crippen LogP contribution in [0.2, 0.25) is 0 Å². The minimum atomic E-state index is -3.54. The van der Waals surface area contributed by atoms with E-state index in [2.05, 4.69) is 4.90 Å². The van der Waals surface area contributed by atoms with E-state index in [1.54, 1.807) is 30.7 Å². The Kier molecular flexibility index (Phi) is 5.62. The second-order valence-corrected chi connectivity index (χ2v) is 8.49. The zero-order valence-corrected chi connectivity index (χ0v) is 17.0. The molecule has 2 aromatic rings. The van der Waals surface area contributed by atoms with Crippen molar-refractivity contribution in [3.8, 4) is 11.5 Å². The van der Waals surface area contributed by atoms with Gasteiger partial charge in [0.05, 0.1) is 24.8 Å². The lowest BCUT2D eigenvalue weighted by atomic mass is 10.1. The van der Waals surface area contributed by atoms with Crippen molar-refractivity contribution in [2.45, 2.75) is 18.7 Å². The molecule has 0 atom stereocenters. The predicted octanol–water partition coefficient (Wildman–Crippen LogP) is 2.83. The van der Waals surface area contributed by atoms with Crippen molar-refractivity contribution in [2.24, 2.45) is 0 Å². The predicted molar refractivity (Wildman–Crippen MR) is 106 cm³/mol. The molecule has 3 rings (SSSR count). The van der Waals surface area contributed by atoms with Gasteiger partial charge in [0.15, 0.2) is 0 Å². The third-order valence-corrected chi connectivity index (χ3v) is 7.23. The average Bonchev–Trinajstić information content (AvgIpc) is 2.70. The molecule has 0 aliphatic carbocycles. The first-order valence-corrected chi connectivity index (χ1v) is 10.4. The summed E-state index contributed by atoms with van der Waals surface area (Å²) in [5, 5.41) is 0. The van der Waals surface area contributed by atoms with Crippen LogP contribution >= 0.6 is 0 Å². The zero-order chi connectivity index (χ0) is 19.6. The molecule has 27 heavy (non-hydrogen) atoms. The molecule has 0 N–H and O–H groups in total. The first kappa shape index (κ1) is 19.5. The normalized spacial score (nSPS) is 15.6. The standard InChI is InChI=1S/C20H26N2O4S/c1-15-16(2)20(10-9-18(15)25-3)27(23,24)22-13-11-21(12-14-22)17-7-5-6-8-19(17)26-4/h5-10H,11-14H2,1-4H3. The number of nitrogens with zero attached hydrogens (tertiary/aromatic N) is 2. The van der Waals surface area contributed by atoms with Gasteiger partial charge >= 0.3 is 0 Å². The van der Waals surface area contributed by atoms with Crippen LogP contribution in [-0.4, -0.2) is 53.1 Å². The largest absolute Gasteiger partial charge is 0.496 e. The molecule has 1 aliphatic rings. The molecule has 7 heteroatoms. The van der Waals surface area contributed by atoms with Crippen molar-refractivity contribution in [2.75, 3.05) is 45.3 Å². The summed E-state index contributed by atoms with van der Waals surface area (Å²) in [5.41, 5.74) is 2.58. The number of piperazine rings is 1. The molecule has 1 fully saturated rings. The molecular formula is C20H26N2O4S. The number of sulfonamides is 1. The Morgan fingerprint density at radius 1 is 0.815 bits per heavy atom. The van der Waals surface area contributed by atoms with Gasteiger partial charge in [-0.3, -0.25) is 0 Å². The lowest BCUT2D eigenvalue weighted by molar-refractivity contribution is 0.378. The Hall–Kier alpha value is -2.25. The molecule has 1 heterocycles. The van der Waals surface area contributed by atoms with E-state index in [-0.39, 0.29) is 0 Å². The van der Waals surface area contributed by atoms with E-state index in [0.29, 0.717) is 36.8 Å². The van der Waals surface area contributed by atoms with Gasteiger partial charge in [-0.15, -0.1) is 0 Å². The van der Waals surface area contributed by atoms with Crippen molar-refractivity contribution in [1.82, 2.24) is 4.31 Å². The van der Waals surface area contributed by atoms with E-state index < -0.39 is 10.0 Å². The molecule has 0 unspecified atom stereocenters. The molecule has 1 aliphatic heterocycles. The maximum absolute atomic E-state index is 13.2. The fraction of sp³-hybridized carbons (Fsp3) is 0.400. The average molecular weight is 391 g/mol. The highest BCUT2D eigenvalue weighted by molar-refractivity contribution is 7.89. The molecule has 0 aromatic heterocycles. The number of hydrogen-bond acceptors (Lipinski definition) is 5. The van der Waals surface area contributed by atoms with Gasteiger partial charge in [0.25, 0.3) is 0 Å². The molecule has 146 valence electrons. The van der Waals surface area contributed by atoms with E-state index in [1.165, 1.54) is 0 Å². The van der Waals surface area contributed by atoms with Crippen LogP contribution < -0.4 is 14.4 Å². The maximum atomic E-state index is 13.2. The fourth-order valence-corrected chi connectivity index (χ4v) is 5.17. The van der Waals surface area contributed by atoms with Crippen LogP contribution in [0.3, 0.4) is 0 Å². The van der Waals surface area contributed by atoms with Gasteiger partial charge in [0, 0.05) is 26.2 Å². The smallest absolute Gasteiger partial charge is 0.243 e. The van der Waals surface area contributed by atoms with Crippen LogP contribution in [0, 0.1) is 13.8 Å². The van der Waals surface area contributed by atoms with Gasteiger partial charge in [-0.2, -0.15) is 4.31 Å². The summed E-state index contributed by atoms with van der Waals surface area (Å²) in [6.45, 7) is 5.82. The molecule has 0 saturated carbocycles. The van der Waals surface area contributed by atoms with Crippen LogP contribution in [-0.2, 0) is 10.0 Å². The third-order valence-electron chi connectivity index (χ3n) is 5.19. The summed E-state index contributed by atoms with van der Waals surface area (Å²) < 4.78 is 38.6. The summed E-state index contributed by atoms with van der Waals surface area (Å²) in [6.07, 6.45) is 0. The van der Waals surface area contributed by atoms with Crippen LogP contribution in [0.4, 0.5) is 5.69 Å². The lowest BCUT2D eigenvalue weighted by Crippen LogP contribution is -2.48. The van der Waals surface area contributed by atoms with Crippen LogP contribution in [0.1, 0.15) is 11.1 Å². The first-order chi connectivity index (χ1) is 12.9. The van der Waals surface area contributed by atoms with E-state index in [1.807, 2.05) is 38.1 Å². The van der Waals surface area contributed by atoms with Gasteiger partial charge < -0.3 is 14.4 Å². The summed E-state index contributed by atoms with van der Waals surface area (Å²) in [6, 6.07) is 11.2. The van der Waals surface area contributed by atoms with Crippen LogP contribution in [0.25, 0.3) is 0 Å². The summed E-state index contributed by atoms with van der Waals surface area (Å²) in [7, 11) is -0.304. The van der Waals surface area contributed by atoms with Gasteiger partial charge in [0.2, 0.25) is 10.0 Å². The SMILES string of the molecule is COc1ccccc1N1CCN(S(=O)(=O)c2ccc(OC)c(C)c2C)CC1. The number of rotatable bonds is 5. The van der Waals surface area contributed by atoms with Crippen molar-refractivity contribution >= 4 is 15.7 Å². The zero-order valence-electron chi connectivity index (χ0n) is 16.2. The summed E-state index contributed by atoms with van der Waals surface area (Å²) in [4.78, 5) is 2.52. The van der Waals surface area contributed by atoms with Gasteiger partial charge in [0.1, 0.15) is 11.5 Å². The number of ether oxygens (including phenoxy) is 2. The van der Waals surface area contributed by atoms with Crippen molar-refractivity contribution < 1.29 is 17.9 Å². The number of hydrogen-bond donors (Lipinski definition) is 0. The fourth-order valence-electron chi connectivity index (χ4n) is 3.47. The van der Waals surface area contributed by atoms with E-state index in [0.717, 1.165) is 22.6 Å². The summed E-state index contributed by atoms with van der Waals surface area (Å²) >= 11 is 0. The lowest BCUT2D eigenvalue weighted by Gasteiger charge is -2.36. The number of methoxy groups -OCH3 is 2. The topological polar surface area (TPSA) is 59.1 Å². The Morgan fingerprint density at radius 3 is 2.07 bits per heavy atom. The number of para-hydroxylation sites is 2. The van der Waals surface area contributed by atoms with Gasteiger partial charge in [-0.1, -0.05) is 12.1 Å². The molecule has 0 amide bonds. The molecular weight excluding hydrogens is 364 g/mol. The van der Waals surface area contributed by atoms with Crippen molar-refractivity contribution in [3.05, 3.63) is 47.5 Å². The second kappa shape index (κ2) is 7.78. The Labute approximate surface area is 161 Å². The molecule has 0 spiro atoms. The number of benzene rings is 2. The summed E-state index contributed by atoms with van der Waals surface area (Å²) in [5.74, 6) is 1.50. The molecule has 2 aromatic carbocycles. The Morgan fingerprint density at radius 2 is 1.44 bits per heavy atom. The van der Waals surface area contributed by atoms with Crippen LogP contribution in [0.15, 0.2) is 41.3 Å². The van der Waals surface area contributed by atoms with Crippen molar-refractivity contribution in [1.29, 1.82) is 0 Å². The highest BCUT2D eigenvalue weighted by Gasteiger charge is 2.31. The van der Waals surface area contributed by atoms with Gasteiger partial charge in [-0.25, -0.2) is 8.42 Å². The van der Waals surface area contributed by atoms with E-state index in [9.17, 15) is 8.42 Å². The highest BCUT2D eigenvalue weighted by Crippen LogP contribution is 2.31. The Bertz CT molecular complexity index is 920. The van der Waals surface area contributed by atoms with Crippen LogP contribution in [0.5, 0.6) is 11.5 Å². The number of anilines is 1. The van der Waals surface area contributed by atoms with Crippen molar-refractivity contribution in [3.63, 3.8) is 0 Å². The second-order valence-electron chi connectivity index (χ2n) is 6.58. The molecule has 6 nitrogen and oxygen atoms in total. The van der Waals surface area contributed by atoms with E-state index in [4.69, 9.17) is 9.47 Å². The van der Waals surface area contributed by atoms with Gasteiger partial charge in [-0.05, 0) is 49.2 Å². The third kappa shape index (κ3) is 3.61. The quantitative estimate of drug-likeness (QED) is 0.786. The minimum absolute atomic E-state index is 0.353. The highest BCUT2D eigenvalue weighted by atomic mass is 32.2. The molecule has 0 radical (unpaired) electrons. The Balaban J connectivity index is 1.80. The van der Waals surface area contributed by atoms with E-state index >= 15 is 0 Å². The first-order valence-electron chi connectivity index (χ1n) is 8.92.